The van der Waals surface area contributed by atoms with Gasteiger partial charge in [-0.2, -0.15) is 0 Å². The number of aryl methyl sites for hydroxylation is 2. The molecule has 3 heterocycles. The highest BCUT2D eigenvalue weighted by atomic mass is 79.9. The first kappa shape index (κ1) is 25.6. The molecule has 4 aromatic rings. The number of hydrogen-bond donors (Lipinski definition) is 0. The van der Waals surface area contributed by atoms with Gasteiger partial charge in [0.1, 0.15) is 34.3 Å². The molecule has 3 aromatic heterocycles. The molecule has 36 heavy (non-hydrogen) atoms. The van der Waals surface area contributed by atoms with E-state index >= 15 is 0 Å². The summed E-state index contributed by atoms with van der Waals surface area (Å²) in [6, 6.07) is 8.56. The second kappa shape index (κ2) is 9.89. The number of benzene rings is 1. The molecular weight excluding hydrogens is 530 g/mol. The van der Waals surface area contributed by atoms with E-state index in [2.05, 4.69) is 30.9 Å². The van der Waals surface area contributed by atoms with Crippen molar-refractivity contribution in [1.82, 2.24) is 19.5 Å². The van der Waals surface area contributed by atoms with Crippen molar-refractivity contribution < 1.29 is 13.5 Å². The fourth-order valence-corrected chi connectivity index (χ4v) is 4.04. The Hall–Kier alpha value is -3.46. The van der Waals surface area contributed by atoms with E-state index in [9.17, 15) is 13.6 Å². The summed E-state index contributed by atoms with van der Waals surface area (Å²) >= 11 is 3.34. The standard InChI is InChI=1S/C27H25BrF2N4O2/c1-15-13-32-21(20-8-9-31-26(33-20)27(3,4)5)12-22(15)34-16(2)10-23(24(28)25(34)35)36-14-17-6-7-18(29)11-19(17)30/h6-13H,14H2,1-5H3. The van der Waals surface area contributed by atoms with Gasteiger partial charge < -0.3 is 4.74 Å². The van der Waals surface area contributed by atoms with E-state index in [1.165, 1.54) is 6.07 Å². The van der Waals surface area contributed by atoms with Gasteiger partial charge >= 0.3 is 0 Å². The lowest BCUT2D eigenvalue weighted by Gasteiger charge is -2.18. The molecule has 0 saturated carbocycles. The van der Waals surface area contributed by atoms with Crippen LogP contribution in [0.1, 0.15) is 43.4 Å². The Morgan fingerprint density at radius 1 is 1.03 bits per heavy atom. The summed E-state index contributed by atoms with van der Waals surface area (Å²) in [4.78, 5) is 27.0. The third-order valence-electron chi connectivity index (χ3n) is 5.60. The quantitative estimate of drug-likeness (QED) is 0.292. The molecule has 0 amide bonds. The summed E-state index contributed by atoms with van der Waals surface area (Å²) in [6.07, 6.45) is 3.40. The molecule has 0 saturated heterocycles. The molecule has 0 fully saturated rings. The monoisotopic (exact) mass is 554 g/mol. The van der Waals surface area contributed by atoms with Crippen molar-refractivity contribution in [3.8, 4) is 22.8 Å². The van der Waals surface area contributed by atoms with Crippen LogP contribution in [-0.2, 0) is 12.0 Å². The van der Waals surface area contributed by atoms with Crippen molar-refractivity contribution in [2.24, 2.45) is 0 Å². The van der Waals surface area contributed by atoms with Crippen LogP contribution in [0.25, 0.3) is 17.1 Å². The highest BCUT2D eigenvalue weighted by Crippen LogP contribution is 2.28. The SMILES string of the molecule is Cc1cnc(-c2ccnc(C(C)(C)C)n2)cc1-n1c(C)cc(OCc2ccc(F)cc2F)c(Br)c1=O. The molecule has 1 aromatic carbocycles. The molecule has 0 aliphatic carbocycles. The maximum atomic E-state index is 14.0. The molecule has 0 radical (unpaired) electrons. The van der Waals surface area contributed by atoms with Gasteiger partial charge in [-0.05, 0) is 59.6 Å². The zero-order chi connectivity index (χ0) is 26.2. The largest absolute Gasteiger partial charge is 0.487 e. The Morgan fingerprint density at radius 3 is 2.47 bits per heavy atom. The van der Waals surface area contributed by atoms with E-state index in [1.807, 2.05) is 33.8 Å². The van der Waals surface area contributed by atoms with Gasteiger partial charge in [0.2, 0.25) is 0 Å². The minimum Gasteiger partial charge on any atom is -0.487 e. The van der Waals surface area contributed by atoms with Crippen LogP contribution in [-0.4, -0.2) is 19.5 Å². The van der Waals surface area contributed by atoms with Crippen LogP contribution in [0.2, 0.25) is 0 Å². The lowest BCUT2D eigenvalue weighted by Crippen LogP contribution is -2.23. The van der Waals surface area contributed by atoms with Gasteiger partial charge in [0.25, 0.3) is 5.56 Å². The van der Waals surface area contributed by atoms with E-state index in [0.717, 1.165) is 17.7 Å². The molecule has 0 unspecified atom stereocenters. The summed E-state index contributed by atoms with van der Waals surface area (Å²) in [6.45, 7) is 9.60. The van der Waals surface area contributed by atoms with Crippen LogP contribution < -0.4 is 10.3 Å². The molecule has 0 spiro atoms. The van der Waals surface area contributed by atoms with Crippen LogP contribution >= 0.6 is 15.9 Å². The molecule has 186 valence electrons. The zero-order valence-electron chi connectivity index (χ0n) is 20.6. The fourth-order valence-electron chi connectivity index (χ4n) is 3.64. The second-order valence-corrected chi connectivity index (χ2v) is 10.3. The maximum absolute atomic E-state index is 14.0. The number of rotatable bonds is 5. The average Bonchev–Trinajstić information content (AvgIpc) is 2.82. The highest BCUT2D eigenvalue weighted by molar-refractivity contribution is 9.10. The normalized spacial score (nSPS) is 11.6. The number of nitrogens with zero attached hydrogens (tertiary/aromatic N) is 4. The van der Waals surface area contributed by atoms with Gasteiger partial charge in [-0.25, -0.2) is 18.7 Å². The number of hydrogen-bond acceptors (Lipinski definition) is 5. The third-order valence-corrected chi connectivity index (χ3v) is 6.33. The number of pyridine rings is 2. The van der Waals surface area contributed by atoms with Crippen LogP contribution in [0.5, 0.6) is 5.75 Å². The Morgan fingerprint density at radius 2 is 1.78 bits per heavy atom. The topological polar surface area (TPSA) is 69.9 Å². The van der Waals surface area contributed by atoms with Crippen LogP contribution in [0.3, 0.4) is 0 Å². The van der Waals surface area contributed by atoms with Crippen molar-refractivity contribution in [2.45, 2.75) is 46.6 Å². The van der Waals surface area contributed by atoms with Crippen molar-refractivity contribution in [3.63, 3.8) is 0 Å². The smallest absolute Gasteiger partial charge is 0.273 e. The fraction of sp³-hybridized carbons (Fsp3) is 0.259. The highest BCUT2D eigenvalue weighted by Gasteiger charge is 2.20. The maximum Gasteiger partial charge on any atom is 0.273 e. The minimum atomic E-state index is -0.713. The van der Waals surface area contributed by atoms with Crippen molar-refractivity contribution in [2.75, 3.05) is 0 Å². The Kier molecular flexibility index (Phi) is 7.04. The Balaban J connectivity index is 1.72. The molecule has 6 nitrogen and oxygen atoms in total. The van der Waals surface area contributed by atoms with Gasteiger partial charge in [0, 0.05) is 41.2 Å². The lowest BCUT2D eigenvalue weighted by molar-refractivity contribution is 0.296. The van der Waals surface area contributed by atoms with Crippen molar-refractivity contribution >= 4 is 15.9 Å². The predicted molar refractivity (Wildman–Crippen MR) is 137 cm³/mol. The zero-order valence-corrected chi connectivity index (χ0v) is 22.2. The molecule has 0 aliphatic heterocycles. The summed E-state index contributed by atoms with van der Waals surface area (Å²) in [5, 5.41) is 0. The molecular formula is C27H25BrF2N4O2. The van der Waals surface area contributed by atoms with E-state index in [0.29, 0.717) is 28.6 Å². The Labute approximate surface area is 216 Å². The minimum absolute atomic E-state index is 0.157. The first-order chi connectivity index (χ1) is 17.0. The van der Waals surface area contributed by atoms with Crippen molar-refractivity contribution in [1.29, 1.82) is 0 Å². The molecule has 0 atom stereocenters. The van der Waals surface area contributed by atoms with Crippen LogP contribution in [0, 0.1) is 25.5 Å². The van der Waals surface area contributed by atoms with Gasteiger partial charge in [0.05, 0.1) is 17.1 Å². The molecule has 0 bridgehead atoms. The van der Waals surface area contributed by atoms with Gasteiger partial charge in [-0.15, -0.1) is 0 Å². The Bertz CT molecular complexity index is 1510. The van der Waals surface area contributed by atoms with E-state index in [1.54, 1.807) is 36.0 Å². The van der Waals surface area contributed by atoms with Gasteiger partial charge in [-0.3, -0.25) is 14.3 Å². The summed E-state index contributed by atoms with van der Waals surface area (Å²) in [7, 11) is 0. The van der Waals surface area contributed by atoms with Crippen molar-refractivity contribution in [3.05, 3.63) is 97.9 Å². The van der Waals surface area contributed by atoms with E-state index in [4.69, 9.17) is 4.74 Å². The lowest BCUT2D eigenvalue weighted by atomic mass is 9.95. The molecule has 9 heteroatoms. The molecule has 0 aliphatic rings. The number of aromatic nitrogens is 4. The van der Waals surface area contributed by atoms with E-state index < -0.39 is 11.6 Å². The first-order valence-electron chi connectivity index (χ1n) is 11.3. The molecule has 4 rings (SSSR count). The summed E-state index contributed by atoms with van der Waals surface area (Å²) < 4.78 is 34.6. The average molecular weight is 555 g/mol. The van der Waals surface area contributed by atoms with Gasteiger partial charge in [0.15, 0.2) is 0 Å². The third kappa shape index (κ3) is 5.21. The summed E-state index contributed by atoms with van der Waals surface area (Å²) in [5.74, 6) is -0.427. The number of halogens is 3. The first-order valence-corrected chi connectivity index (χ1v) is 12.0. The molecule has 0 N–H and O–H groups in total. The number of ether oxygens (including phenoxy) is 1. The summed E-state index contributed by atoms with van der Waals surface area (Å²) in [5.41, 5.74) is 2.92. The predicted octanol–water partition coefficient (Wildman–Crippen LogP) is 6.22. The van der Waals surface area contributed by atoms with E-state index in [-0.39, 0.29) is 33.4 Å². The van der Waals surface area contributed by atoms with Crippen LogP contribution in [0.4, 0.5) is 8.78 Å². The van der Waals surface area contributed by atoms with Crippen LogP contribution in [0.15, 0.2) is 58.1 Å². The second-order valence-electron chi connectivity index (χ2n) is 9.50. The van der Waals surface area contributed by atoms with Gasteiger partial charge in [-0.1, -0.05) is 20.8 Å².